The Labute approximate surface area is 148 Å². The van der Waals surface area contributed by atoms with E-state index >= 15 is 0 Å². The number of nitrogens with one attached hydrogen (secondary N) is 1. The minimum atomic E-state index is 0.140. The molecule has 1 aromatic carbocycles. The molecule has 1 N–H and O–H groups in total. The molecule has 0 bridgehead atoms. The molecule has 1 amide bonds. The van der Waals surface area contributed by atoms with E-state index in [1.54, 1.807) is 0 Å². The lowest BCUT2D eigenvalue weighted by atomic mass is 10.0. The molecule has 0 radical (unpaired) electrons. The van der Waals surface area contributed by atoms with Gasteiger partial charge in [-0.2, -0.15) is 0 Å². The van der Waals surface area contributed by atoms with E-state index in [-0.39, 0.29) is 11.9 Å². The third-order valence-electron chi connectivity index (χ3n) is 4.24. The number of benzene rings is 1. The van der Waals surface area contributed by atoms with Crippen LogP contribution < -0.4 is 5.32 Å². The summed E-state index contributed by atoms with van der Waals surface area (Å²) in [4.78, 5) is 17.1. The van der Waals surface area contributed by atoms with E-state index in [1.807, 2.05) is 17.4 Å². The van der Waals surface area contributed by atoms with Crippen LogP contribution in [0.3, 0.4) is 0 Å². The molecule has 4 heteroatoms. The van der Waals surface area contributed by atoms with Gasteiger partial charge in [0, 0.05) is 28.9 Å². The number of piperazine rings is 1. The van der Waals surface area contributed by atoms with E-state index in [1.165, 1.54) is 15.3 Å². The lowest BCUT2D eigenvalue weighted by Gasteiger charge is -2.32. The van der Waals surface area contributed by atoms with Crippen LogP contribution in [-0.4, -0.2) is 29.9 Å². The summed E-state index contributed by atoms with van der Waals surface area (Å²) in [6, 6.07) is 15.1. The molecule has 2 aromatic rings. The number of amides is 1. The van der Waals surface area contributed by atoms with Crippen LogP contribution in [0.25, 0.3) is 0 Å². The smallest absolute Gasteiger partial charge is 0.234 e. The van der Waals surface area contributed by atoms with Gasteiger partial charge in [0.25, 0.3) is 0 Å². The average molecular weight is 343 g/mol. The van der Waals surface area contributed by atoms with Crippen molar-refractivity contribution >= 4 is 17.2 Å². The number of nitrogens with zero attached hydrogens (tertiary/aromatic N) is 1. The van der Waals surface area contributed by atoms with E-state index in [0.717, 1.165) is 25.9 Å². The third kappa shape index (κ3) is 4.92. The van der Waals surface area contributed by atoms with Crippen molar-refractivity contribution in [2.24, 2.45) is 5.92 Å². The number of carbonyl (C=O) groups is 1. The second-order valence-corrected chi connectivity index (χ2v) is 8.34. The number of thiophene rings is 1. The zero-order chi connectivity index (χ0) is 16.9. The van der Waals surface area contributed by atoms with Crippen LogP contribution in [0, 0.1) is 5.92 Å². The largest absolute Gasteiger partial charge is 0.351 e. The SMILES string of the molecule is CC(C)Cc1ccc(CN2CC(=O)N[C@@H](Cc3ccccc3)C2)s1. The molecule has 2 heterocycles. The Bertz CT molecular complexity index is 665. The van der Waals surface area contributed by atoms with Crippen LogP contribution in [0.1, 0.15) is 29.2 Å². The molecule has 1 aliphatic rings. The minimum absolute atomic E-state index is 0.140. The first-order chi connectivity index (χ1) is 11.6. The fourth-order valence-electron chi connectivity index (χ4n) is 3.27. The summed E-state index contributed by atoms with van der Waals surface area (Å²) in [6.45, 7) is 6.80. The highest BCUT2D eigenvalue weighted by Crippen LogP contribution is 2.22. The molecule has 1 aliphatic heterocycles. The Kier molecular flexibility index (Phi) is 5.69. The summed E-state index contributed by atoms with van der Waals surface area (Å²) < 4.78 is 0. The summed E-state index contributed by atoms with van der Waals surface area (Å²) in [5.41, 5.74) is 1.28. The molecule has 1 fully saturated rings. The van der Waals surface area contributed by atoms with Gasteiger partial charge in [-0.05, 0) is 36.5 Å². The molecule has 3 nitrogen and oxygen atoms in total. The van der Waals surface area contributed by atoms with Gasteiger partial charge < -0.3 is 5.32 Å². The van der Waals surface area contributed by atoms with Crippen molar-refractivity contribution in [2.45, 2.75) is 39.3 Å². The van der Waals surface area contributed by atoms with Gasteiger partial charge in [0.15, 0.2) is 0 Å². The van der Waals surface area contributed by atoms with E-state index in [9.17, 15) is 4.79 Å². The first kappa shape index (κ1) is 17.2. The Balaban J connectivity index is 1.59. The van der Waals surface area contributed by atoms with E-state index in [4.69, 9.17) is 0 Å². The van der Waals surface area contributed by atoms with Gasteiger partial charge in [0.1, 0.15) is 0 Å². The Morgan fingerprint density at radius 1 is 1.17 bits per heavy atom. The standard InChI is InChI=1S/C20H26N2OS/c1-15(2)10-18-8-9-19(24-18)13-22-12-17(21-20(23)14-22)11-16-6-4-3-5-7-16/h3-9,15,17H,10-14H2,1-2H3,(H,21,23)/t17-/m0/s1. The van der Waals surface area contributed by atoms with Crippen LogP contribution in [0.5, 0.6) is 0 Å². The Morgan fingerprint density at radius 2 is 1.92 bits per heavy atom. The summed E-state index contributed by atoms with van der Waals surface area (Å²) in [5, 5.41) is 3.13. The van der Waals surface area contributed by atoms with Crippen LogP contribution in [0.15, 0.2) is 42.5 Å². The Morgan fingerprint density at radius 3 is 2.67 bits per heavy atom. The van der Waals surface area contributed by atoms with Crippen molar-refractivity contribution < 1.29 is 4.79 Å². The van der Waals surface area contributed by atoms with E-state index < -0.39 is 0 Å². The minimum Gasteiger partial charge on any atom is -0.351 e. The highest BCUT2D eigenvalue weighted by molar-refractivity contribution is 7.11. The maximum Gasteiger partial charge on any atom is 0.234 e. The monoisotopic (exact) mass is 342 g/mol. The Hall–Kier alpha value is -1.65. The zero-order valence-corrected chi connectivity index (χ0v) is 15.3. The van der Waals surface area contributed by atoms with Crippen molar-refractivity contribution in [2.75, 3.05) is 13.1 Å². The number of hydrogen-bond donors (Lipinski definition) is 1. The lowest BCUT2D eigenvalue weighted by Crippen LogP contribution is -2.54. The number of carbonyl (C=O) groups excluding carboxylic acids is 1. The fraction of sp³-hybridized carbons (Fsp3) is 0.450. The maximum atomic E-state index is 12.1. The molecule has 0 spiro atoms. The van der Waals surface area contributed by atoms with Gasteiger partial charge >= 0.3 is 0 Å². The number of hydrogen-bond acceptors (Lipinski definition) is 3. The average Bonchev–Trinajstić information content (AvgIpc) is 2.93. The van der Waals surface area contributed by atoms with Crippen molar-refractivity contribution in [3.05, 3.63) is 57.8 Å². The molecule has 128 valence electrons. The summed E-state index contributed by atoms with van der Waals surface area (Å²) in [7, 11) is 0. The van der Waals surface area contributed by atoms with Gasteiger partial charge in [0.05, 0.1) is 6.54 Å². The molecular formula is C20H26N2OS. The molecule has 0 saturated carbocycles. The topological polar surface area (TPSA) is 32.3 Å². The van der Waals surface area contributed by atoms with Gasteiger partial charge in [-0.3, -0.25) is 9.69 Å². The molecular weight excluding hydrogens is 316 g/mol. The van der Waals surface area contributed by atoms with Crippen molar-refractivity contribution in [1.82, 2.24) is 10.2 Å². The van der Waals surface area contributed by atoms with Gasteiger partial charge in [-0.15, -0.1) is 11.3 Å². The van der Waals surface area contributed by atoms with Crippen molar-refractivity contribution in [3.63, 3.8) is 0 Å². The van der Waals surface area contributed by atoms with Gasteiger partial charge in [0.2, 0.25) is 5.91 Å². The first-order valence-electron chi connectivity index (χ1n) is 8.71. The normalized spacial score (nSPS) is 18.8. The molecule has 0 aliphatic carbocycles. The zero-order valence-electron chi connectivity index (χ0n) is 14.5. The lowest BCUT2D eigenvalue weighted by molar-refractivity contribution is -0.125. The van der Waals surface area contributed by atoms with Crippen LogP contribution >= 0.6 is 11.3 Å². The second-order valence-electron chi connectivity index (χ2n) is 7.09. The second kappa shape index (κ2) is 7.95. The number of rotatable bonds is 6. The van der Waals surface area contributed by atoms with Crippen LogP contribution in [0.2, 0.25) is 0 Å². The molecule has 1 saturated heterocycles. The third-order valence-corrected chi connectivity index (χ3v) is 5.33. The molecule has 3 rings (SSSR count). The maximum absolute atomic E-state index is 12.1. The highest BCUT2D eigenvalue weighted by atomic mass is 32.1. The summed E-state index contributed by atoms with van der Waals surface area (Å²) >= 11 is 1.89. The molecule has 1 aromatic heterocycles. The van der Waals surface area contributed by atoms with Gasteiger partial charge in [-0.25, -0.2) is 0 Å². The molecule has 1 atom stereocenters. The van der Waals surface area contributed by atoms with Crippen molar-refractivity contribution in [1.29, 1.82) is 0 Å². The van der Waals surface area contributed by atoms with E-state index in [2.05, 4.69) is 60.5 Å². The first-order valence-corrected chi connectivity index (χ1v) is 9.53. The fourth-order valence-corrected chi connectivity index (χ4v) is 4.55. The quantitative estimate of drug-likeness (QED) is 0.871. The van der Waals surface area contributed by atoms with Gasteiger partial charge in [-0.1, -0.05) is 44.2 Å². The predicted molar refractivity (Wildman–Crippen MR) is 100 cm³/mol. The van der Waals surface area contributed by atoms with Crippen LogP contribution in [-0.2, 0) is 24.2 Å². The highest BCUT2D eigenvalue weighted by Gasteiger charge is 2.25. The summed E-state index contributed by atoms with van der Waals surface area (Å²) in [6.07, 6.45) is 2.04. The van der Waals surface area contributed by atoms with E-state index in [0.29, 0.717) is 12.5 Å². The predicted octanol–water partition coefficient (Wildman–Crippen LogP) is 3.49. The van der Waals surface area contributed by atoms with Crippen LogP contribution in [0.4, 0.5) is 0 Å². The molecule has 24 heavy (non-hydrogen) atoms. The molecule has 0 unspecified atom stereocenters. The van der Waals surface area contributed by atoms with Crippen molar-refractivity contribution in [3.8, 4) is 0 Å². The summed E-state index contributed by atoms with van der Waals surface area (Å²) in [5.74, 6) is 0.827.